The van der Waals surface area contributed by atoms with Crippen molar-refractivity contribution in [3.8, 4) is 0 Å². The summed E-state index contributed by atoms with van der Waals surface area (Å²) in [6, 6.07) is 0. The minimum absolute atomic E-state index is 0.270. The fourth-order valence-corrected chi connectivity index (χ4v) is 0.708. The van der Waals surface area contributed by atoms with E-state index in [4.69, 9.17) is 5.11 Å². The van der Waals surface area contributed by atoms with Gasteiger partial charge in [0.2, 0.25) is 0 Å². The molecule has 0 radical (unpaired) electrons. The highest BCUT2D eigenvalue weighted by molar-refractivity contribution is 5.93. The molecule has 0 bridgehead atoms. The second kappa shape index (κ2) is 10.6. The van der Waals surface area contributed by atoms with Gasteiger partial charge in [0.25, 0.3) is 0 Å². The van der Waals surface area contributed by atoms with Crippen molar-refractivity contribution in [3.05, 3.63) is 12.7 Å². The summed E-state index contributed by atoms with van der Waals surface area (Å²) in [4.78, 5) is 29.7. The van der Waals surface area contributed by atoms with E-state index in [1.54, 1.807) is 6.92 Å². The number of carbonyl (C=O) groups excluding carboxylic acids is 2. The van der Waals surface area contributed by atoms with Gasteiger partial charge < -0.3 is 9.90 Å². The average Bonchev–Trinajstić information content (AvgIpc) is 2.02. The van der Waals surface area contributed by atoms with Crippen LogP contribution in [-0.2, 0) is 14.4 Å². The highest BCUT2D eigenvalue weighted by atomic mass is 16.4. The molecule has 15 heavy (non-hydrogen) atoms. The van der Waals surface area contributed by atoms with Crippen LogP contribution in [0.3, 0.4) is 0 Å². The van der Waals surface area contributed by atoms with Crippen LogP contribution < -0.4 is 0 Å². The Balaban J connectivity index is 0. The Morgan fingerprint density at radius 3 is 1.93 bits per heavy atom. The van der Waals surface area contributed by atoms with Crippen LogP contribution in [-0.4, -0.2) is 22.6 Å². The molecule has 0 spiro atoms. The summed E-state index contributed by atoms with van der Waals surface area (Å²) in [5, 5.41) is 7.86. The minimum Gasteiger partial charge on any atom is -0.481 e. The van der Waals surface area contributed by atoms with Crippen LogP contribution in [0.1, 0.15) is 39.5 Å². The van der Waals surface area contributed by atoms with Crippen LogP contribution in [0.15, 0.2) is 12.7 Å². The molecule has 0 aromatic carbocycles. The maximum Gasteiger partial charge on any atom is 0.310 e. The number of unbranched alkanes of at least 4 members (excludes halogenated alkanes) is 1. The van der Waals surface area contributed by atoms with Gasteiger partial charge in [0.15, 0.2) is 0 Å². The van der Waals surface area contributed by atoms with Crippen molar-refractivity contribution < 1.29 is 19.5 Å². The van der Waals surface area contributed by atoms with E-state index in [1.807, 2.05) is 6.08 Å². The zero-order valence-corrected chi connectivity index (χ0v) is 9.28. The first-order valence-electron chi connectivity index (χ1n) is 4.71. The van der Waals surface area contributed by atoms with E-state index in [2.05, 4.69) is 6.58 Å². The van der Waals surface area contributed by atoms with Crippen LogP contribution >= 0.6 is 0 Å². The van der Waals surface area contributed by atoms with Gasteiger partial charge in [-0.1, -0.05) is 6.08 Å². The number of hydrogen-bond donors (Lipinski definition) is 1. The third-order valence-corrected chi connectivity index (χ3v) is 1.34. The summed E-state index contributed by atoms with van der Waals surface area (Å²) < 4.78 is 0. The van der Waals surface area contributed by atoms with Crippen LogP contribution in [0.5, 0.6) is 0 Å². The van der Waals surface area contributed by atoms with E-state index >= 15 is 0 Å². The van der Waals surface area contributed by atoms with Crippen molar-refractivity contribution in [2.24, 2.45) is 0 Å². The van der Waals surface area contributed by atoms with Gasteiger partial charge in [0, 0.05) is 6.42 Å². The van der Waals surface area contributed by atoms with Gasteiger partial charge in [-0.15, -0.1) is 6.58 Å². The molecule has 0 saturated carbocycles. The summed E-state index contributed by atoms with van der Waals surface area (Å²) in [7, 11) is 0. The lowest BCUT2D eigenvalue weighted by Crippen LogP contribution is -2.00. The Kier molecular flexibility index (Phi) is 11.3. The number of carbonyl (C=O) groups is 3. The van der Waals surface area contributed by atoms with Crippen LogP contribution in [0.25, 0.3) is 0 Å². The molecule has 1 N–H and O–H groups in total. The van der Waals surface area contributed by atoms with Crippen LogP contribution in [0, 0.1) is 0 Å². The Morgan fingerprint density at radius 1 is 1.20 bits per heavy atom. The van der Waals surface area contributed by atoms with Crippen molar-refractivity contribution in [1.29, 1.82) is 0 Å². The molecule has 0 saturated heterocycles. The molecule has 0 aliphatic carbocycles. The highest BCUT2D eigenvalue weighted by Gasteiger charge is 1.98. The van der Waals surface area contributed by atoms with Crippen LogP contribution in [0.2, 0.25) is 0 Å². The summed E-state index contributed by atoms with van der Waals surface area (Å²) in [6.07, 6.45) is 4.09. The maximum atomic E-state index is 10.3. The average molecular weight is 214 g/mol. The Hall–Kier alpha value is -1.45. The quantitative estimate of drug-likeness (QED) is 0.417. The Morgan fingerprint density at radius 2 is 1.73 bits per heavy atom. The summed E-state index contributed by atoms with van der Waals surface area (Å²) in [5.41, 5.74) is 0. The number of hydrogen-bond acceptors (Lipinski definition) is 3. The van der Waals surface area contributed by atoms with Gasteiger partial charge in [-0.05, 0) is 26.7 Å². The zero-order chi connectivity index (χ0) is 12.3. The number of ketones is 2. The summed E-state index contributed by atoms with van der Waals surface area (Å²) >= 11 is 0. The number of carboxylic acid groups (broad SMARTS) is 1. The van der Waals surface area contributed by atoms with Gasteiger partial charge >= 0.3 is 5.97 Å². The van der Waals surface area contributed by atoms with Gasteiger partial charge in [0.05, 0.1) is 0 Å². The van der Waals surface area contributed by atoms with Crippen molar-refractivity contribution in [2.75, 3.05) is 0 Å². The zero-order valence-electron chi connectivity index (χ0n) is 9.28. The smallest absolute Gasteiger partial charge is 0.310 e. The van der Waals surface area contributed by atoms with Gasteiger partial charge in [-0.2, -0.15) is 0 Å². The molecule has 0 unspecified atom stereocenters. The Bertz CT molecular complexity index is 219. The molecular weight excluding hydrogens is 196 g/mol. The van der Waals surface area contributed by atoms with E-state index in [9.17, 15) is 14.4 Å². The topological polar surface area (TPSA) is 71.4 Å². The second-order valence-electron chi connectivity index (χ2n) is 3.16. The fourth-order valence-electron chi connectivity index (χ4n) is 0.708. The van der Waals surface area contributed by atoms with Gasteiger partial charge in [-0.3, -0.25) is 9.59 Å². The second-order valence-corrected chi connectivity index (χ2v) is 3.16. The van der Waals surface area contributed by atoms with Crippen molar-refractivity contribution in [3.63, 3.8) is 0 Å². The normalized spacial score (nSPS) is 8.40. The number of aliphatic carboxylic acids is 1. The third kappa shape index (κ3) is 24.5. The van der Waals surface area contributed by atoms with E-state index in [1.165, 1.54) is 6.92 Å². The predicted molar refractivity (Wildman–Crippen MR) is 57.7 cm³/mol. The lowest BCUT2D eigenvalue weighted by Gasteiger charge is -1.88. The third-order valence-electron chi connectivity index (χ3n) is 1.34. The monoisotopic (exact) mass is 214 g/mol. The van der Waals surface area contributed by atoms with Crippen molar-refractivity contribution in [1.82, 2.24) is 0 Å². The van der Waals surface area contributed by atoms with Crippen molar-refractivity contribution >= 4 is 17.5 Å². The van der Waals surface area contributed by atoms with Crippen molar-refractivity contribution in [2.45, 2.75) is 39.5 Å². The summed E-state index contributed by atoms with van der Waals surface area (Å²) in [5.74, 6) is -1.10. The predicted octanol–water partition coefficient (Wildman–Crippen LogP) is 1.98. The van der Waals surface area contributed by atoms with E-state index < -0.39 is 5.97 Å². The lowest BCUT2D eigenvalue weighted by atomic mass is 10.2. The van der Waals surface area contributed by atoms with E-state index in [-0.39, 0.29) is 18.0 Å². The molecule has 0 aliphatic heterocycles. The first-order valence-corrected chi connectivity index (χ1v) is 4.71. The number of Topliss-reactive ketones (excluding diaryl/α,β-unsaturated/α-hetero) is 2. The molecule has 0 fully saturated rings. The fraction of sp³-hybridized carbons (Fsp3) is 0.545. The van der Waals surface area contributed by atoms with E-state index in [0.29, 0.717) is 6.42 Å². The highest BCUT2D eigenvalue weighted by Crippen LogP contribution is 1.94. The standard InChI is InChI=1S/C7H12O.C4H6O3/c1-3-4-5-6-7(2)8;1-3(5)2-4(6)7/h3H,1,4-6H2,2H3;2H2,1H3,(H,6,7). The van der Waals surface area contributed by atoms with Gasteiger partial charge in [-0.25, -0.2) is 0 Å². The molecule has 4 nitrogen and oxygen atoms in total. The first-order chi connectivity index (χ1) is 6.90. The first kappa shape index (κ1) is 16.0. The number of allylic oxidation sites excluding steroid dienone is 1. The molecule has 0 heterocycles. The number of carboxylic acids is 1. The lowest BCUT2D eigenvalue weighted by molar-refractivity contribution is -0.139. The molecule has 0 amide bonds. The molecule has 4 heteroatoms. The minimum atomic E-state index is -1.06. The molecule has 86 valence electrons. The summed E-state index contributed by atoms with van der Waals surface area (Å²) in [6.45, 7) is 6.40. The molecule has 0 aromatic rings. The maximum absolute atomic E-state index is 10.3. The largest absolute Gasteiger partial charge is 0.481 e. The molecule has 0 aliphatic rings. The number of rotatable bonds is 6. The van der Waals surface area contributed by atoms with Gasteiger partial charge in [0.1, 0.15) is 18.0 Å². The molecular formula is C11H18O4. The molecule has 0 atom stereocenters. The molecule has 0 rings (SSSR count). The van der Waals surface area contributed by atoms with Crippen LogP contribution in [0.4, 0.5) is 0 Å². The Labute approximate surface area is 90.0 Å². The molecule has 0 aromatic heterocycles. The van der Waals surface area contributed by atoms with E-state index in [0.717, 1.165) is 12.8 Å². The SMILES string of the molecule is C=CCCCC(C)=O.CC(=O)CC(=O)O.